The number of hydrogen-bond acceptors (Lipinski definition) is 2. The molecule has 0 aromatic heterocycles. The van der Waals surface area contributed by atoms with Crippen molar-refractivity contribution in [1.29, 1.82) is 0 Å². The number of rotatable bonds is 4. The molecule has 0 radical (unpaired) electrons. The Bertz CT molecular complexity index is 171. The lowest BCUT2D eigenvalue weighted by molar-refractivity contribution is -0.0238. The van der Waals surface area contributed by atoms with Crippen molar-refractivity contribution < 1.29 is 4.74 Å². The SMILES string of the molecule is CC(NC1CCCCC1)OC1CCCC1. The molecule has 0 heterocycles. The van der Waals surface area contributed by atoms with Gasteiger partial charge in [-0.3, -0.25) is 5.32 Å². The Hall–Kier alpha value is -0.0800. The lowest BCUT2D eigenvalue weighted by atomic mass is 9.95. The summed E-state index contributed by atoms with van der Waals surface area (Å²) >= 11 is 0. The van der Waals surface area contributed by atoms with Crippen molar-refractivity contribution in [3.63, 3.8) is 0 Å². The van der Waals surface area contributed by atoms with Crippen molar-refractivity contribution in [2.45, 2.75) is 83.1 Å². The molecule has 2 aliphatic rings. The highest BCUT2D eigenvalue weighted by Crippen LogP contribution is 2.23. The van der Waals surface area contributed by atoms with Gasteiger partial charge in [0.25, 0.3) is 0 Å². The van der Waals surface area contributed by atoms with Gasteiger partial charge in [-0.1, -0.05) is 32.1 Å². The van der Waals surface area contributed by atoms with E-state index in [1.54, 1.807) is 0 Å². The zero-order valence-electron chi connectivity index (χ0n) is 10.0. The van der Waals surface area contributed by atoms with Gasteiger partial charge in [0.15, 0.2) is 0 Å². The van der Waals surface area contributed by atoms with Gasteiger partial charge in [-0.05, 0) is 32.6 Å². The van der Waals surface area contributed by atoms with E-state index >= 15 is 0 Å². The first-order valence-corrected chi connectivity index (χ1v) is 6.76. The van der Waals surface area contributed by atoms with Crippen LogP contribution < -0.4 is 5.32 Å². The fourth-order valence-corrected chi connectivity index (χ4v) is 2.95. The van der Waals surface area contributed by atoms with Crippen molar-refractivity contribution in [3.8, 4) is 0 Å². The topological polar surface area (TPSA) is 21.3 Å². The summed E-state index contributed by atoms with van der Waals surface area (Å²) in [6.45, 7) is 2.17. The molecular formula is C13H25NO. The van der Waals surface area contributed by atoms with Gasteiger partial charge in [-0.15, -0.1) is 0 Å². The van der Waals surface area contributed by atoms with Crippen LogP contribution in [-0.4, -0.2) is 18.4 Å². The van der Waals surface area contributed by atoms with Crippen molar-refractivity contribution in [3.05, 3.63) is 0 Å². The van der Waals surface area contributed by atoms with Gasteiger partial charge >= 0.3 is 0 Å². The van der Waals surface area contributed by atoms with Crippen LogP contribution in [0.3, 0.4) is 0 Å². The Balaban J connectivity index is 1.64. The Morgan fingerprint density at radius 3 is 2.20 bits per heavy atom. The molecule has 0 amide bonds. The molecule has 1 atom stereocenters. The maximum absolute atomic E-state index is 6.00. The second kappa shape index (κ2) is 5.86. The third-order valence-electron chi connectivity index (χ3n) is 3.77. The van der Waals surface area contributed by atoms with Crippen LogP contribution in [0.15, 0.2) is 0 Å². The van der Waals surface area contributed by atoms with Gasteiger partial charge in [0.2, 0.25) is 0 Å². The molecule has 2 saturated carbocycles. The van der Waals surface area contributed by atoms with Crippen molar-refractivity contribution in [1.82, 2.24) is 5.32 Å². The maximum atomic E-state index is 6.00. The van der Waals surface area contributed by atoms with Crippen molar-refractivity contribution in [2.75, 3.05) is 0 Å². The fraction of sp³-hybridized carbons (Fsp3) is 1.00. The standard InChI is InChI=1S/C13H25NO/c1-11(15-13-9-5-6-10-13)14-12-7-3-2-4-8-12/h11-14H,2-10H2,1H3. The first-order chi connectivity index (χ1) is 7.34. The lowest BCUT2D eigenvalue weighted by Crippen LogP contribution is -2.40. The largest absolute Gasteiger partial charge is 0.360 e. The van der Waals surface area contributed by atoms with Gasteiger partial charge in [0, 0.05) is 6.04 Å². The summed E-state index contributed by atoms with van der Waals surface area (Å²) in [4.78, 5) is 0. The van der Waals surface area contributed by atoms with Crippen LogP contribution in [0.5, 0.6) is 0 Å². The maximum Gasteiger partial charge on any atom is 0.105 e. The molecule has 2 aliphatic carbocycles. The van der Waals surface area contributed by atoms with E-state index in [0.717, 1.165) is 6.04 Å². The molecule has 0 aromatic carbocycles. The van der Waals surface area contributed by atoms with Gasteiger partial charge in [0.05, 0.1) is 6.10 Å². The molecule has 1 unspecified atom stereocenters. The smallest absolute Gasteiger partial charge is 0.105 e. The molecule has 0 aromatic rings. The van der Waals surface area contributed by atoms with Gasteiger partial charge in [-0.2, -0.15) is 0 Å². The molecule has 1 N–H and O–H groups in total. The predicted molar refractivity (Wildman–Crippen MR) is 62.8 cm³/mol. The van der Waals surface area contributed by atoms with Crippen LogP contribution in [-0.2, 0) is 4.74 Å². The highest BCUT2D eigenvalue weighted by molar-refractivity contribution is 4.74. The molecule has 2 heteroatoms. The number of hydrogen-bond donors (Lipinski definition) is 1. The molecule has 0 aliphatic heterocycles. The highest BCUT2D eigenvalue weighted by Gasteiger charge is 2.20. The Morgan fingerprint density at radius 1 is 0.933 bits per heavy atom. The number of nitrogens with one attached hydrogen (secondary N) is 1. The summed E-state index contributed by atoms with van der Waals surface area (Å²) in [6.07, 6.45) is 13.0. The fourth-order valence-electron chi connectivity index (χ4n) is 2.95. The first-order valence-electron chi connectivity index (χ1n) is 6.76. The van der Waals surface area contributed by atoms with E-state index in [2.05, 4.69) is 12.2 Å². The summed E-state index contributed by atoms with van der Waals surface area (Å²) in [5.74, 6) is 0. The zero-order chi connectivity index (χ0) is 10.5. The van der Waals surface area contributed by atoms with Crippen molar-refractivity contribution in [2.24, 2.45) is 0 Å². The van der Waals surface area contributed by atoms with E-state index in [-0.39, 0.29) is 6.23 Å². The Morgan fingerprint density at radius 2 is 1.53 bits per heavy atom. The summed E-state index contributed by atoms with van der Waals surface area (Å²) in [6, 6.07) is 0.718. The molecular weight excluding hydrogens is 186 g/mol. The normalized spacial score (nSPS) is 27.0. The van der Waals surface area contributed by atoms with E-state index in [1.165, 1.54) is 57.8 Å². The minimum absolute atomic E-state index is 0.260. The van der Waals surface area contributed by atoms with Crippen LogP contribution in [0.4, 0.5) is 0 Å². The summed E-state index contributed by atoms with van der Waals surface area (Å²) in [5, 5.41) is 3.62. The van der Waals surface area contributed by atoms with Crippen LogP contribution in [0.2, 0.25) is 0 Å². The molecule has 0 bridgehead atoms. The summed E-state index contributed by atoms with van der Waals surface area (Å²) in [7, 11) is 0. The van der Waals surface area contributed by atoms with E-state index < -0.39 is 0 Å². The molecule has 15 heavy (non-hydrogen) atoms. The third-order valence-corrected chi connectivity index (χ3v) is 3.77. The summed E-state index contributed by atoms with van der Waals surface area (Å²) in [5.41, 5.74) is 0. The molecule has 0 spiro atoms. The zero-order valence-corrected chi connectivity index (χ0v) is 10.0. The van der Waals surface area contributed by atoms with Crippen molar-refractivity contribution >= 4 is 0 Å². The summed E-state index contributed by atoms with van der Waals surface area (Å²) < 4.78 is 6.00. The lowest BCUT2D eigenvalue weighted by Gasteiger charge is -2.28. The minimum Gasteiger partial charge on any atom is -0.360 e. The van der Waals surface area contributed by atoms with Crippen LogP contribution in [0.1, 0.15) is 64.7 Å². The Kier molecular flexibility index (Phi) is 4.45. The first kappa shape index (κ1) is 11.4. The van der Waals surface area contributed by atoms with Gasteiger partial charge in [0.1, 0.15) is 6.23 Å². The van der Waals surface area contributed by atoms with E-state index in [9.17, 15) is 0 Å². The third kappa shape index (κ3) is 3.76. The van der Waals surface area contributed by atoms with Gasteiger partial charge < -0.3 is 4.74 Å². The highest BCUT2D eigenvalue weighted by atomic mass is 16.5. The molecule has 2 fully saturated rings. The van der Waals surface area contributed by atoms with Gasteiger partial charge in [-0.25, -0.2) is 0 Å². The second-order valence-electron chi connectivity index (χ2n) is 5.19. The predicted octanol–water partition coefficient (Wildman–Crippen LogP) is 3.21. The second-order valence-corrected chi connectivity index (χ2v) is 5.19. The quantitative estimate of drug-likeness (QED) is 0.721. The van der Waals surface area contributed by atoms with E-state index in [4.69, 9.17) is 4.74 Å². The minimum atomic E-state index is 0.260. The molecule has 88 valence electrons. The van der Waals surface area contributed by atoms with E-state index in [1.807, 2.05) is 0 Å². The van der Waals surface area contributed by atoms with E-state index in [0.29, 0.717) is 6.10 Å². The van der Waals surface area contributed by atoms with Crippen LogP contribution >= 0.6 is 0 Å². The number of ether oxygens (including phenoxy) is 1. The molecule has 0 saturated heterocycles. The van der Waals surface area contributed by atoms with Crippen LogP contribution in [0, 0.1) is 0 Å². The average molecular weight is 211 g/mol. The monoisotopic (exact) mass is 211 g/mol. The molecule has 2 rings (SSSR count). The molecule has 2 nitrogen and oxygen atoms in total. The Labute approximate surface area is 93.8 Å². The van der Waals surface area contributed by atoms with Crippen LogP contribution in [0.25, 0.3) is 0 Å². The average Bonchev–Trinajstić information content (AvgIpc) is 2.71.